The molecule has 0 heterocycles. The van der Waals surface area contributed by atoms with Gasteiger partial charge in [-0.05, 0) is 19.1 Å². The van der Waals surface area contributed by atoms with Gasteiger partial charge < -0.3 is 14.4 Å². The molecule has 1 amide bonds. The molecule has 0 saturated heterocycles. The van der Waals surface area contributed by atoms with Crippen LogP contribution in [-0.4, -0.2) is 43.6 Å². The third-order valence-corrected chi connectivity index (χ3v) is 2.94. The maximum atomic E-state index is 12.0. The highest BCUT2D eigenvalue weighted by atomic mass is 16.5. The lowest BCUT2D eigenvalue weighted by Gasteiger charge is -2.23. The van der Waals surface area contributed by atoms with Crippen molar-refractivity contribution in [1.82, 2.24) is 4.90 Å². The number of ether oxygens (including phenoxy) is 2. The van der Waals surface area contributed by atoms with Crippen LogP contribution in [0.5, 0.6) is 5.75 Å². The zero-order valence-corrected chi connectivity index (χ0v) is 12.2. The molecule has 0 aliphatic rings. The fourth-order valence-corrected chi connectivity index (χ4v) is 1.77. The summed E-state index contributed by atoms with van der Waals surface area (Å²) in [4.78, 5) is 25.0. The monoisotopic (exact) mass is 279 g/mol. The summed E-state index contributed by atoms with van der Waals surface area (Å²) in [6.45, 7) is 4.43. The van der Waals surface area contributed by atoms with Crippen LogP contribution >= 0.6 is 0 Å². The molecule has 5 nitrogen and oxygen atoms in total. The van der Waals surface area contributed by atoms with Crippen molar-refractivity contribution in [2.45, 2.75) is 13.8 Å². The second kappa shape index (κ2) is 8.19. The Hall–Kier alpha value is -2.04. The van der Waals surface area contributed by atoms with Gasteiger partial charge in [0.15, 0.2) is 6.61 Å². The predicted molar refractivity (Wildman–Crippen MR) is 75.4 cm³/mol. The first kappa shape index (κ1) is 16.0. The summed E-state index contributed by atoms with van der Waals surface area (Å²) >= 11 is 0. The first-order valence-corrected chi connectivity index (χ1v) is 6.62. The van der Waals surface area contributed by atoms with E-state index < -0.39 is 0 Å². The number of para-hydroxylation sites is 1. The zero-order valence-electron chi connectivity index (χ0n) is 12.2. The van der Waals surface area contributed by atoms with Crippen LogP contribution in [-0.2, 0) is 14.3 Å². The first-order chi connectivity index (χ1) is 9.58. The number of carbonyl (C=O) groups excluding carboxylic acids is 2. The molecule has 0 saturated carbocycles. The van der Waals surface area contributed by atoms with Gasteiger partial charge in [-0.1, -0.05) is 25.1 Å². The smallest absolute Gasteiger partial charge is 0.310 e. The van der Waals surface area contributed by atoms with Gasteiger partial charge in [0, 0.05) is 13.1 Å². The van der Waals surface area contributed by atoms with E-state index in [2.05, 4.69) is 4.74 Å². The fourth-order valence-electron chi connectivity index (χ4n) is 1.77. The van der Waals surface area contributed by atoms with Gasteiger partial charge in [-0.25, -0.2) is 0 Å². The second-order valence-corrected chi connectivity index (χ2v) is 4.46. The molecule has 0 radical (unpaired) electrons. The molecular formula is C15H21NO4. The van der Waals surface area contributed by atoms with Crippen LogP contribution in [0.4, 0.5) is 0 Å². The molecule has 110 valence electrons. The highest BCUT2D eigenvalue weighted by Gasteiger charge is 2.20. The predicted octanol–water partition coefficient (Wildman–Crippen LogP) is 1.72. The molecule has 0 N–H and O–H groups in total. The van der Waals surface area contributed by atoms with Crippen LogP contribution in [0.1, 0.15) is 13.8 Å². The van der Waals surface area contributed by atoms with Crippen LogP contribution in [0.25, 0.3) is 0 Å². The lowest BCUT2D eigenvalue weighted by molar-refractivity contribution is -0.146. The van der Waals surface area contributed by atoms with Gasteiger partial charge in [0.05, 0.1) is 13.0 Å². The average molecular weight is 279 g/mol. The van der Waals surface area contributed by atoms with Gasteiger partial charge in [-0.3, -0.25) is 9.59 Å². The summed E-state index contributed by atoms with van der Waals surface area (Å²) in [6, 6.07) is 9.15. The van der Waals surface area contributed by atoms with Crippen molar-refractivity contribution in [1.29, 1.82) is 0 Å². The summed E-state index contributed by atoms with van der Waals surface area (Å²) < 4.78 is 10.1. The van der Waals surface area contributed by atoms with Crippen LogP contribution in [0.3, 0.4) is 0 Å². The lowest BCUT2D eigenvalue weighted by Crippen LogP contribution is -2.39. The van der Waals surface area contributed by atoms with E-state index in [0.717, 1.165) is 0 Å². The van der Waals surface area contributed by atoms with Crippen molar-refractivity contribution in [3.05, 3.63) is 30.3 Å². The molecule has 1 aromatic rings. The zero-order chi connectivity index (χ0) is 15.0. The van der Waals surface area contributed by atoms with Crippen LogP contribution in [0.2, 0.25) is 0 Å². The number of hydrogen-bond acceptors (Lipinski definition) is 4. The number of rotatable bonds is 7. The van der Waals surface area contributed by atoms with Gasteiger partial charge in [0.1, 0.15) is 5.75 Å². The van der Waals surface area contributed by atoms with Gasteiger partial charge in [-0.15, -0.1) is 0 Å². The largest absolute Gasteiger partial charge is 0.484 e. The number of carbonyl (C=O) groups is 2. The molecule has 1 unspecified atom stereocenters. The van der Waals surface area contributed by atoms with E-state index in [0.29, 0.717) is 18.8 Å². The van der Waals surface area contributed by atoms with Crippen molar-refractivity contribution < 1.29 is 19.1 Å². The van der Waals surface area contributed by atoms with Gasteiger partial charge in [0.2, 0.25) is 0 Å². The Morgan fingerprint density at radius 1 is 1.25 bits per heavy atom. The Kier molecular flexibility index (Phi) is 6.56. The highest BCUT2D eigenvalue weighted by Crippen LogP contribution is 2.09. The van der Waals surface area contributed by atoms with E-state index in [9.17, 15) is 9.59 Å². The summed E-state index contributed by atoms with van der Waals surface area (Å²) in [5.74, 6) is -0.161. The fraction of sp³-hybridized carbons (Fsp3) is 0.467. The minimum atomic E-state index is -0.347. The SMILES string of the molecule is CCN(CC(C)C(=O)OC)C(=O)COc1ccccc1. The van der Waals surface area contributed by atoms with Gasteiger partial charge >= 0.3 is 5.97 Å². The molecule has 5 heteroatoms. The van der Waals surface area contributed by atoms with E-state index in [1.807, 2.05) is 25.1 Å². The lowest BCUT2D eigenvalue weighted by atomic mass is 10.1. The molecule has 0 aliphatic carbocycles. The maximum absolute atomic E-state index is 12.0. The molecule has 1 atom stereocenters. The second-order valence-electron chi connectivity index (χ2n) is 4.46. The van der Waals surface area contributed by atoms with Crippen molar-refractivity contribution in [2.24, 2.45) is 5.92 Å². The van der Waals surface area contributed by atoms with Crippen molar-refractivity contribution in [3.8, 4) is 5.75 Å². The Morgan fingerprint density at radius 3 is 2.45 bits per heavy atom. The number of hydrogen-bond donors (Lipinski definition) is 0. The number of esters is 1. The minimum Gasteiger partial charge on any atom is -0.484 e. The normalized spacial score (nSPS) is 11.6. The van der Waals surface area contributed by atoms with Crippen molar-refractivity contribution in [2.75, 3.05) is 26.8 Å². The molecule has 0 aromatic heterocycles. The average Bonchev–Trinajstić information content (AvgIpc) is 2.50. The molecule has 20 heavy (non-hydrogen) atoms. The maximum Gasteiger partial charge on any atom is 0.310 e. The standard InChI is InChI=1S/C15H21NO4/c1-4-16(10-12(2)15(18)19-3)14(17)11-20-13-8-6-5-7-9-13/h5-9,12H,4,10-11H2,1-3H3. The minimum absolute atomic E-state index is 0.0360. The Labute approximate surface area is 119 Å². The topological polar surface area (TPSA) is 55.8 Å². The summed E-state index contributed by atoms with van der Waals surface area (Å²) in [6.07, 6.45) is 0. The third-order valence-electron chi connectivity index (χ3n) is 2.94. The Morgan fingerprint density at radius 2 is 1.90 bits per heavy atom. The molecule has 0 bridgehead atoms. The summed E-state index contributed by atoms with van der Waals surface area (Å²) in [7, 11) is 1.34. The van der Waals surface area contributed by atoms with Crippen molar-refractivity contribution in [3.63, 3.8) is 0 Å². The van der Waals surface area contributed by atoms with E-state index in [4.69, 9.17) is 4.74 Å². The number of benzene rings is 1. The molecule has 1 rings (SSSR count). The van der Waals surface area contributed by atoms with E-state index >= 15 is 0 Å². The molecule has 0 fully saturated rings. The Balaban J connectivity index is 2.48. The highest BCUT2D eigenvalue weighted by molar-refractivity contribution is 5.79. The van der Waals surface area contributed by atoms with Crippen molar-refractivity contribution >= 4 is 11.9 Å². The Bertz CT molecular complexity index is 433. The summed E-state index contributed by atoms with van der Waals surface area (Å²) in [5, 5.41) is 0. The number of amides is 1. The number of likely N-dealkylation sites (N-methyl/N-ethyl adjacent to an activating group) is 1. The van der Waals surface area contributed by atoms with E-state index in [-0.39, 0.29) is 24.4 Å². The molecule has 0 aliphatic heterocycles. The molecular weight excluding hydrogens is 258 g/mol. The quantitative estimate of drug-likeness (QED) is 0.713. The van der Waals surface area contributed by atoms with Crippen LogP contribution in [0, 0.1) is 5.92 Å². The third kappa shape index (κ3) is 4.91. The summed E-state index contributed by atoms with van der Waals surface area (Å²) in [5.41, 5.74) is 0. The van der Waals surface area contributed by atoms with Gasteiger partial charge in [0.25, 0.3) is 5.91 Å². The van der Waals surface area contributed by atoms with Crippen LogP contribution < -0.4 is 4.74 Å². The number of methoxy groups -OCH3 is 1. The first-order valence-electron chi connectivity index (χ1n) is 6.62. The molecule has 0 spiro atoms. The van der Waals surface area contributed by atoms with Gasteiger partial charge in [-0.2, -0.15) is 0 Å². The molecule has 1 aromatic carbocycles. The van der Waals surface area contributed by atoms with E-state index in [1.165, 1.54) is 7.11 Å². The van der Waals surface area contributed by atoms with Crippen LogP contribution in [0.15, 0.2) is 30.3 Å². The van der Waals surface area contributed by atoms with E-state index in [1.54, 1.807) is 24.0 Å². The number of nitrogens with zero attached hydrogens (tertiary/aromatic N) is 1.